The lowest BCUT2D eigenvalue weighted by Gasteiger charge is -2.22. The Morgan fingerprint density at radius 3 is 1.50 bits per heavy atom. The van der Waals surface area contributed by atoms with Crippen LogP contribution in [0.5, 0.6) is 0 Å². The van der Waals surface area contributed by atoms with Crippen LogP contribution >= 0.6 is 0 Å². The van der Waals surface area contributed by atoms with Crippen LogP contribution in [-0.2, 0) is 25.7 Å². The summed E-state index contributed by atoms with van der Waals surface area (Å²) in [6, 6.07) is 0. The predicted molar refractivity (Wildman–Crippen MR) is 78.7 cm³/mol. The van der Waals surface area contributed by atoms with Crippen molar-refractivity contribution in [3.63, 3.8) is 0 Å². The van der Waals surface area contributed by atoms with Gasteiger partial charge in [-0.15, -0.1) is 0 Å². The molecule has 0 nitrogen and oxygen atoms in total. The molecule has 2 unspecified atom stereocenters. The molecule has 0 N–H and O–H groups in total. The van der Waals surface area contributed by atoms with Crippen LogP contribution in [0.25, 0.3) is 0 Å². The SMILES string of the molecule is CCc1c2c(c(CC)c3c1C(C)CC3)C(C)CC2. The standard InChI is InChI=1S/C18H26/c1-5-13-15-9-7-12(4)18(15)14(6-2)16-10-8-11(3)17(13)16/h11-12H,5-10H2,1-4H3. The summed E-state index contributed by atoms with van der Waals surface area (Å²) in [7, 11) is 0. The van der Waals surface area contributed by atoms with Crippen molar-refractivity contribution in [3.8, 4) is 0 Å². The predicted octanol–water partition coefficient (Wildman–Crippen LogP) is 4.91. The average Bonchev–Trinajstić information content (AvgIpc) is 2.93. The summed E-state index contributed by atoms with van der Waals surface area (Å²) in [5.41, 5.74) is 10.5. The van der Waals surface area contributed by atoms with Crippen molar-refractivity contribution >= 4 is 0 Å². The molecule has 18 heavy (non-hydrogen) atoms. The second kappa shape index (κ2) is 4.40. The van der Waals surface area contributed by atoms with E-state index in [1.165, 1.54) is 38.5 Å². The van der Waals surface area contributed by atoms with Crippen LogP contribution in [0.4, 0.5) is 0 Å². The fourth-order valence-corrected chi connectivity index (χ4v) is 4.59. The Bertz CT molecular complexity index is 436. The maximum atomic E-state index is 2.44. The average molecular weight is 242 g/mol. The Labute approximate surface area is 112 Å². The summed E-state index contributed by atoms with van der Waals surface area (Å²) >= 11 is 0. The highest BCUT2D eigenvalue weighted by molar-refractivity contribution is 5.58. The molecule has 0 saturated carbocycles. The van der Waals surface area contributed by atoms with E-state index >= 15 is 0 Å². The van der Waals surface area contributed by atoms with E-state index in [2.05, 4.69) is 27.7 Å². The molecule has 1 aromatic carbocycles. The van der Waals surface area contributed by atoms with Crippen LogP contribution in [0.2, 0.25) is 0 Å². The van der Waals surface area contributed by atoms with Crippen molar-refractivity contribution in [1.29, 1.82) is 0 Å². The molecule has 0 amide bonds. The van der Waals surface area contributed by atoms with Gasteiger partial charge in [-0.05, 0) is 83.7 Å². The Morgan fingerprint density at radius 2 is 1.17 bits per heavy atom. The summed E-state index contributed by atoms with van der Waals surface area (Å²) in [6.07, 6.45) is 7.93. The molecule has 0 spiro atoms. The minimum absolute atomic E-state index is 0.807. The molecule has 1 aromatic rings. The molecular weight excluding hydrogens is 216 g/mol. The van der Waals surface area contributed by atoms with Crippen molar-refractivity contribution in [1.82, 2.24) is 0 Å². The number of hydrogen-bond donors (Lipinski definition) is 0. The molecule has 0 saturated heterocycles. The summed E-state index contributed by atoms with van der Waals surface area (Å²) < 4.78 is 0. The number of benzene rings is 1. The lowest BCUT2D eigenvalue weighted by Crippen LogP contribution is -2.07. The van der Waals surface area contributed by atoms with Crippen molar-refractivity contribution < 1.29 is 0 Å². The van der Waals surface area contributed by atoms with Crippen LogP contribution in [0.3, 0.4) is 0 Å². The third-order valence-electron chi connectivity index (χ3n) is 5.38. The van der Waals surface area contributed by atoms with Crippen molar-refractivity contribution in [3.05, 3.63) is 33.4 Å². The van der Waals surface area contributed by atoms with Gasteiger partial charge in [-0.2, -0.15) is 0 Å². The first-order valence-corrected chi connectivity index (χ1v) is 7.88. The zero-order valence-corrected chi connectivity index (χ0v) is 12.4. The van der Waals surface area contributed by atoms with E-state index in [1.54, 1.807) is 33.4 Å². The maximum Gasteiger partial charge on any atom is -0.0182 e. The van der Waals surface area contributed by atoms with Gasteiger partial charge in [0.2, 0.25) is 0 Å². The van der Waals surface area contributed by atoms with Crippen molar-refractivity contribution in [2.45, 2.75) is 78.1 Å². The second-order valence-corrected chi connectivity index (χ2v) is 6.33. The van der Waals surface area contributed by atoms with Gasteiger partial charge in [0.05, 0.1) is 0 Å². The third kappa shape index (κ3) is 1.51. The first-order valence-electron chi connectivity index (χ1n) is 7.88. The molecule has 0 bridgehead atoms. The molecule has 0 aliphatic heterocycles. The molecule has 0 fully saturated rings. The topological polar surface area (TPSA) is 0 Å². The summed E-state index contributed by atoms with van der Waals surface area (Å²) in [5.74, 6) is 1.61. The Hall–Kier alpha value is -0.780. The molecule has 98 valence electrons. The monoisotopic (exact) mass is 242 g/mol. The molecule has 2 aliphatic rings. The first kappa shape index (κ1) is 12.3. The summed E-state index contributed by atoms with van der Waals surface area (Å²) in [5, 5.41) is 0. The van der Waals surface area contributed by atoms with Gasteiger partial charge in [0, 0.05) is 0 Å². The molecule has 0 aromatic heterocycles. The molecule has 2 atom stereocenters. The van der Waals surface area contributed by atoms with Gasteiger partial charge < -0.3 is 0 Å². The van der Waals surface area contributed by atoms with E-state index in [0.29, 0.717) is 0 Å². The van der Waals surface area contributed by atoms with Crippen LogP contribution < -0.4 is 0 Å². The van der Waals surface area contributed by atoms with Gasteiger partial charge in [-0.25, -0.2) is 0 Å². The Balaban J connectivity index is 2.33. The Morgan fingerprint density at radius 1 is 0.778 bits per heavy atom. The molecule has 2 aliphatic carbocycles. The smallest absolute Gasteiger partial charge is 0.0182 e. The van der Waals surface area contributed by atoms with Gasteiger partial charge in [-0.1, -0.05) is 27.7 Å². The van der Waals surface area contributed by atoms with Gasteiger partial charge >= 0.3 is 0 Å². The second-order valence-electron chi connectivity index (χ2n) is 6.33. The molecule has 3 rings (SSSR count). The normalized spacial score (nSPS) is 25.3. The highest BCUT2D eigenvalue weighted by Crippen LogP contribution is 2.47. The minimum Gasteiger partial charge on any atom is -0.0613 e. The van der Waals surface area contributed by atoms with Crippen LogP contribution in [0.15, 0.2) is 0 Å². The van der Waals surface area contributed by atoms with Crippen molar-refractivity contribution in [2.24, 2.45) is 0 Å². The minimum atomic E-state index is 0.807. The van der Waals surface area contributed by atoms with E-state index in [1.807, 2.05) is 0 Å². The maximum absolute atomic E-state index is 2.44. The molecular formula is C18H26. The fraction of sp³-hybridized carbons (Fsp3) is 0.667. The fourth-order valence-electron chi connectivity index (χ4n) is 4.59. The zero-order valence-electron chi connectivity index (χ0n) is 12.4. The molecule has 0 heteroatoms. The van der Waals surface area contributed by atoms with Crippen LogP contribution in [0, 0.1) is 0 Å². The van der Waals surface area contributed by atoms with Gasteiger partial charge in [0.15, 0.2) is 0 Å². The third-order valence-corrected chi connectivity index (χ3v) is 5.38. The van der Waals surface area contributed by atoms with Gasteiger partial charge in [0.25, 0.3) is 0 Å². The highest BCUT2D eigenvalue weighted by atomic mass is 14.4. The largest absolute Gasteiger partial charge is 0.0613 e. The summed E-state index contributed by atoms with van der Waals surface area (Å²) in [6.45, 7) is 9.59. The van der Waals surface area contributed by atoms with E-state index in [9.17, 15) is 0 Å². The summed E-state index contributed by atoms with van der Waals surface area (Å²) in [4.78, 5) is 0. The number of hydrogen-bond acceptors (Lipinski definition) is 0. The van der Waals surface area contributed by atoms with E-state index in [-0.39, 0.29) is 0 Å². The van der Waals surface area contributed by atoms with Gasteiger partial charge in [0.1, 0.15) is 0 Å². The molecule has 0 heterocycles. The van der Waals surface area contributed by atoms with Crippen LogP contribution in [-0.4, -0.2) is 0 Å². The van der Waals surface area contributed by atoms with E-state index < -0.39 is 0 Å². The Kier molecular flexibility index (Phi) is 3.00. The van der Waals surface area contributed by atoms with E-state index in [4.69, 9.17) is 0 Å². The number of fused-ring (bicyclic) bond motifs is 2. The van der Waals surface area contributed by atoms with Crippen LogP contribution in [0.1, 0.15) is 85.8 Å². The number of rotatable bonds is 2. The first-order chi connectivity index (χ1) is 8.69. The lowest BCUT2D eigenvalue weighted by molar-refractivity contribution is 0.729. The highest BCUT2D eigenvalue weighted by Gasteiger charge is 2.32. The quantitative estimate of drug-likeness (QED) is 0.691. The molecule has 0 radical (unpaired) electrons. The van der Waals surface area contributed by atoms with Gasteiger partial charge in [-0.3, -0.25) is 0 Å². The van der Waals surface area contributed by atoms with E-state index in [0.717, 1.165) is 11.8 Å². The zero-order chi connectivity index (χ0) is 12.9. The van der Waals surface area contributed by atoms with Crippen molar-refractivity contribution in [2.75, 3.05) is 0 Å². The lowest BCUT2D eigenvalue weighted by atomic mass is 9.83.